The molecule has 1 rings (SSSR count). The second-order valence-corrected chi connectivity index (χ2v) is 4.82. The van der Waals surface area contributed by atoms with Crippen LogP contribution in [0.3, 0.4) is 0 Å². The van der Waals surface area contributed by atoms with Gasteiger partial charge in [0.05, 0.1) is 0 Å². The highest BCUT2D eigenvalue weighted by atomic mass is 32.1. The number of hydrogen-bond acceptors (Lipinski definition) is 1. The summed E-state index contributed by atoms with van der Waals surface area (Å²) in [4.78, 5) is 0. The zero-order valence-corrected chi connectivity index (χ0v) is 8.12. The third-order valence-corrected chi connectivity index (χ3v) is 3.26. The van der Waals surface area contributed by atoms with Gasteiger partial charge in [0.1, 0.15) is 0 Å². The minimum absolute atomic E-state index is 0.613. The van der Waals surface area contributed by atoms with E-state index in [2.05, 4.69) is 33.4 Å². The summed E-state index contributed by atoms with van der Waals surface area (Å²) in [6, 6.07) is 0. The van der Waals surface area contributed by atoms with E-state index in [-0.39, 0.29) is 0 Å². The number of hydrogen-bond donors (Lipinski definition) is 1. The molecule has 2 atom stereocenters. The van der Waals surface area contributed by atoms with E-state index < -0.39 is 0 Å². The van der Waals surface area contributed by atoms with E-state index in [1.807, 2.05) is 0 Å². The molecule has 10 heavy (non-hydrogen) atoms. The Balaban J connectivity index is 2.25. The molecule has 60 valence electrons. The summed E-state index contributed by atoms with van der Waals surface area (Å²) in [7, 11) is 0. The third-order valence-electron chi connectivity index (χ3n) is 2.64. The van der Waals surface area contributed by atoms with Crippen LogP contribution in [0.2, 0.25) is 0 Å². The fourth-order valence-electron chi connectivity index (χ4n) is 1.66. The van der Waals surface area contributed by atoms with Crippen LogP contribution >= 0.6 is 12.6 Å². The Morgan fingerprint density at radius 1 is 1.60 bits per heavy atom. The Labute approximate surface area is 69.8 Å². The van der Waals surface area contributed by atoms with Crippen molar-refractivity contribution in [3.8, 4) is 0 Å². The Kier molecular flexibility index (Phi) is 2.34. The molecule has 1 fully saturated rings. The molecule has 0 amide bonds. The lowest BCUT2D eigenvalue weighted by Gasteiger charge is -2.10. The summed E-state index contributed by atoms with van der Waals surface area (Å²) in [6.45, 7) is 6.92. The molecule has 0 saturated heterocycles. The largest absolute Gasteiger partial charge is 0.176 e. The molecule has 0 bridgehead atoms. The summed E-state index contributed by atoms with van der Waals surface area (Å²) in [5.74, 6) is 0.899. The lowest BCUT2D eigenvalue weighted by molar-refractivity contribution is 0.527. The van der Waals surface area contributed by atoms with Gasteiger partial charge in [0.2, 0.25) is 0 Å². The average molecular weight is 158 g/mol. The number of thiol groups is 1. The van der Waals surface area contributed by atoms with Gasteiger partial charge >= 0.3 is 0 Å². The highest BCUT2D eigenvalue weighted by molar-refractivity contribution is 7.81. The highest BCUT2D eigenvalue weighted by Gasteiger charge is 2.48. The lowest BCUT2D eigenvalue weighted by Crippen LogP contribution is -2.05. The van der Waals surface area contributed by atoms with Crippen LogP contribution in [0.5, 0.6) is 0 Å². The maximum atomic E-state index is 4.58. The van der Waals surface area contributed by atoms with Gasteiger partial charge in [-0.2, -0.15) is 12.6 Å². The molecule has 0 spiro atoms. The van der Waals surface area contributed by atoms with Crippen LogP contribution in [0.25, 0.3) is 0 Å². The van der Waals surface area contributed by atoms with Crippen LogP contribution in [0.4, 0.5) is 0 Å². The standard InChI is InChI=1S/C9H18S/c1-4-5-8(10)7-6-9(7,2)3/h7-8,10H,4-6H2,1-3H3. The van der Waals surface area contributed by atoms with E-state index in [1.165, 1.54) is 19.3 Å². The second-order valence-electron chi connectivity index (χ2n) is 4.16. The monoisotopic (exact) mass is 158 g/mol. The highest BCUT2D eigenvalue weighted by Crippen LogP contribution is 2.55. The zero-order valence-electron chi connectivity index (χ0n) is 7.22. The molecular weight excluding hydrogens is 140 g/mol. The van der Waals surface area contributed by atoms with Crippen LogP contribution in [-0.2, 0) is 0 Å². The van der Waals surface area contributed by atoms with E-state index in [4.69, 9.17) is 0 Å². The maximum absolute atomic E-state index is 4.58. The fourth-order valence-corrected chi connectivity index (χ4v) is 2.43. The van der Waals surface area contributed by atoms with E-state index in [0.29, 0.717) is 10.7 Å². The fraction of sp³-hybridized carbons (Fsp3) is 1.00. The van der Waals surface area contributed by atoms with Gasteiger partial charge in [0.15, 0.2) is 0 Å². The van der Waals surface area contributed by atoms with Crippen molar-refractivity contribution in [3.63, 3.8) is 0 Å². The zero-order chi connectivity index (χ0) is 7.78. The third kappa shape index (κ3) is 1.69. The van der Waals surface area contributed by atoms with Gasteiger partial charge in [-0.1, -0.05) is 27.2 Å². The molecule has 0 N–H and O–H groups in total. The molecule has 0 heterocycles. The van der Waals surface area contributed by atoms with Gasteiger partial charge in [-0.25, -0.2) is 0 Å². The van der Waals surface area contributed by atoms with Crippen LogP contribution < -0.4 is 0 Å². The SMILES string of the molecule is CCCC(S)C1CC1(C)C. The molecular formula is C9H18S. The van der Waals surface area contributed by atoms with Crippen molar-refractivity contribution in [2.24, 2.45) is 11.3 Å². The molecule has 1 saturated carbocycles. The van der Waals surface area contributed by atoms with Crippen LogP contribution in [0, 0.1) is 11.3 Å². The lowest BCUT2D eigenvalue weighted by atomic mass is 10.1. The molecule has 0 aromatic carbocycles. The van der Waals surface area contributed by atoms with E-state index in [1.54, 1.807) is 0 Å². The van der Waals surface area contributed by atoms with Crippen LogP contribution in [0.1, 0.15) is 40.0 Å². The smallest absolute Gasteiger partial charge is 0.00502 e. The van der Waals surface area contributed by atoms with Gasteiger partial charge in [0.25, 0.3) is 0 Å². The van der Waals surface area contributed by atoms with Crippen molar-refractivity contribution in [3.05, 3.63) is 0 Å². The summed E-state index contributed by atoms with van der Waals surface area (Å²) in [6.07, 6.45) is 3.96. The van der Waals surface area contributed by atoms with Gasteiger partial charge in [-0.15, -0.1) is 0 Å². The first kappa shape index (κ1) is 8.45. The summed E-state index contributed by atoms with van der Waals surface area (Å²) < 4.78 is 0. The first-order valence-corrected chi connectivity index (χ1v) is 4.77. The van der Waals surface area contributed by atoms with Crippen molar-refractivity contribution in [2.45, 2.75) is 45.3 Å². The molecule has 2 unspecified atom stereocenters. The van der Waals surface area contributed by atoms with E-state index in [0.717, 1.165) is 5.92 Å². The van der Waals surface area contributed by atoms with Crippen molar-refractivity contribution in [1.29, 1.82) is 0 Å². The van der Waals surface area contributed by atoms with Crippen LogP contribution in [0.15, 0.2) is 0 Å². The Morgan fingerprint density at radius 3 is 2.40 bits per heavy atom. The average Bonchev–Trinajstić information content (AvgIpc) is 2.41. The summed E-state index contributed by atoms with van der Waals surface area (Å²) in [5, 5.41) is 0.667. The molecule has 0 nitrogen and oxygen atoms in total. The van der Waals surface area contributed by atoms with Crippen molar-refractivity contribution < 1.29 is 0 Å². The molecule has 0 radical (unpaired) electrons. The molecule has 1 aliphatic carbocycles. The minimum atomic E-state index is 0.613. The first-order chi connectivity index (χ1) is 4.58. The van der Waals surface area contributed by atoms with Crippen molar-refractivity contribution in [1.82, 2.24) is 0 Å². The predicted molar refractivity (Wildman–Crippen MR) is 49.6 cm³/mol. The molecule has 0 aromatic heterocycles. The summed E-state index contributed by atoms with van der Waals surface area (Å²) >= 11 is 4.58. The molecule has 1 heteroatoms. The van der Waals surface area contributed by atoms with Crippen molar-refractivity contribution in [2.75, 3.05) is 0 Å². The van der Waals surface area contributed by atoms with E-state index in [9.17, 15) is 0 Å². The van der Waals surface area contributed by atoms with Gasteiger partial charge < -0.3 is 0 Å². The number of rotatable bonds is 3. The topological polar surface area (TPSA) is 0 Å². The Hall–Kier alpha value is 0.350. The Morgan fingerprint density at radius 2 is 2.10 bits per heavy atom. The molecule has 0 aromatic rings. The van der Waals surface area contributed by atoms with Gasteiger partial charge in [-0.05, 0) is 24.2 Å². The van der Waals surface area contributed by atoms with Crippen molar-refractivity contribution >= 4 is 12.6 Å². The Bertz CT molecular complexity index is 118. The van der Waals surface area contributed by atoms with Crippen LogP contribution in [-0.4, -0.2) is 5.25 Å². The minimum Gasteiger partial charge on any atom is -0.176 e. The second kappa shape index (κ2) is 2.77. The molecule has 0 aliphatic heterocycles. The summed E-state index contributed by atoms with van der Waals surface area (Å²) in [5.41, 5.74) is 0.613. The normalized spacial score (nSPS) is 31.8. The quantitative estimate of drug-likeness (QED) is 0.599. The molecule has 1 aliphatic rings. The van der Waals surface area contributed by atoms with Gasteiger partial charge in [0, 0.05) is 5.25 Å². The predicted octanol–water partition coefficient (Wildman–Crippen LogP) is 3.13. The van der Waals surface area contributed by atoms with E-state index >= 15 is 0 Å². The maximum Gasteiger partial charge on any atom is 0.00502 e. The first-order valence-electron chi connectivity index (χ1n) is 4.26. The van der Waals surface area contributed by atoms with Gasteiger partial charge in [-0.3, -0.25) is 0 Å².